The Kier molecular flexibility index (Phi) is 3.57. The highest BCUT2D eigenvalue weighted by atomic mass is 16.1. The van der Waals surface area contributed by atoms with Gasteiger partial charge in [0.1, 0.15) is 0 Å². The van der Waals surface area contributed by atoms with E-state index in [2.05, 4.69) is 10.1 Å². The Hall–Kier alpha value is -3.41. The third kappa shape index (κ3) is 2.57. The summed E-state index contributed by atoms with van der Waals surface area (Å²) in [5.74, 6) is 0. The lowest BCUT2D eigenvalue weighted by Gasteiger charge is -2.09. The Morgan fingerprint density at radius 3 is 2.52 bits per heavy atom. The zero-order valence-electron chi connectivity index (χ0n) is 13.6. The quantitative estimate of drug-likeness (QED) is 0.625. The molecule has 124 valence electrons. The van der Waals surface area contributed by atoms with Crippen molar-refractivity contribution in [1.29, 1.82) is 0 Å². The van der Waals surface area contributed by atoms with Gasteiger partial charge in [0.25, 0.3) is 11.1 Å². The minimum atomic E-state index is -0.173. The molecule has 0 saturated heterocycles. The van der Waals surface area contributed by atoms with Crippen LogP contribution in [-0.2, 0) is 6.54 Å². The molecule has 6 heteroatoms. The summed E-state index contributed by atoms with van der Waals surface area (Å²) in [7, 11) is 0. The van der Waals surface area contributed by atoms with Crippen molar-refractivity contribution >= 4 is 10.9 Å². The monoisotopic (exact) mass is 332 g/mol. The minimum absolute atomic E-state index is 0.169. The highest BCUT2D eigenvalue weighted by molar-refractivity contribution is 5.80. The number of fused-ring (bicyclic) bond motifs is 1. The molecule has 1 N–H and O–H groups in total. The first-order chi connectivity index (χ1) is 12.1. The molecule has 0 atom stereocenters. The maximum absolute atomic E-state index is 12.9. The van der Waals surface area contributed by atoms with E-state index in [0.29, 0.717) is 23.1 Å². The Bertz CT molecular complexity index is 1160. The second kappa shape index (κ2) is 5.90. The summed E-state index contributed by atoms with van der Waals surface area (Å²) < 4.78 is 3.04. The van der Waals surface area contributed by atoms with Crippen molar-refractivity contribution in [2.45, 2.75) is 13.5 Å². The van der Waals surface area contributed by atoms with Crippen molar-refractivity contribution in [3.8, 4) is 5.69 Å². The van der Waals surface area contributed by atoms with Crippen molar-refractivity contribution in [2.75, 3.05) is 0 Å². The standard InChI is InChI=1S/C19H16N4O2/c1-13-18-16(21-23(19(18)25)15-8-3-2-4-9-15)11-17(24)22(13)12-14-7-5-6-10-20-14/h2-11,21H,12H2,1H3. The molecule has 6 nitrogen and oxygen atoms in total. The first kappa shape index (κ1) is 15.1. The van der Waals surface area contributed by atoms with Crippen LogP contribution in [0.25, 0.3) is 16.6 Å². The number of hydrogen-bond donors (Lipinski definition) is 1. The van der Waals surface area contributed by atoms with Gasteiger partial charge in [0.05, 0.1) is 28.8 Å². The molecule has 0 aliphatic rings. The highest BCUT2D eigenvalue weighted by Crippen LogP contribution is 2.14. The molecule has 0 spiro atoms. The lowest BCUT2D eigenvalue weighted by atomic mass is 10.2. The molecule has 4 rings (SSSR count). The first-order valence-corrected chi connectivity index (χ1v) is 7.95. The number of H-pyrrole nitrogens is 1. The molecular weight excluding hydrogens is 316 g/mol. The van der Waals surface area contributed by atoms with Crippen molar-refractivity contribution in [3.05, 3.63) is 92.9 Å². The number of para-hydroxylation sites is 1. The number of pyridine rings is 2. The van der Waals surface area contributed by atoms with Crippen LogP contribution in [0.3, 0.4) is 0 Å². The van der Waals surface area contributed by atoms with E-state index in [1.165, 1.54) is 10.7 Å². The zero-order valence-corrected chi connectivity index (χ0v) is 13.6. The lowest BCUT2D eigenvalue weighted by molar-refractivity contribution is 0.720. The van der Waals surface area contributed by atoms with Gasteiger partial charge in [0.15, 0.2) is 0 Å². The van der Waals surface area contributed by atoms with E-state index in [0.717, 1.165) is 11.4 Å². The molecule has 0 aliphatic carbocycles. The molecule has 0 saturated carbocycles. The fourth-order valence-electron chi connectivity index (χ4n) is 3.02. The van der Waals surface area contributed by atoms with E-state index < -0.39 is 0 Å². The summed E-state index contributed by atoms with van der Waals surface area (Å²) >= 11 is 0. The van der Waals surface area contributed by atoms with Crippen LogP contribution in [0, 0.1) is 6.92 Å². The average molecular weight is 332 g/mol. The number of aromatic nitrogens is 4. The van der Waals surface area contributed by atoms with Crippen LogP contribution in [-0.4, -0.2) is 19.3 Å². The van der Waals surface area contributed by atoms with E-state index in [-0.39, 0.29) is 11.1 Å². The maximum atomic E-state index is 12.9. The van der Waals surface area contributed by atoms with Crippen molar-refractivity contribution < 1.29 is 0 Å². The number of aryl methyl sites for hydroxylation is 1. The Labute approximate surface area is 143 Å². The van der Waals surface area contributed by atoms with E-state index >= 15 is 0 Å². The third-order valence-corrected chi connectivity index (χ3v) is 4.28. The predicted molar refractivity (Wildman–Crippen MR) is 96.2 cm³/mol. The molecule has 0 radical (unpaired) electrons. The topological polar surface area (TPSA) is 72.7 Å². The number of aromatic amines is 1. The van der Waals surface area contributed by atoms with Gasteiger partial charge in [-0.1, -0.05) is 24.3 Å². The van der Waals surface area contributed by atoms with E-state index in [4.69, 9.17) is 0 Å². The maximum Gasteiger partial charge on any atom is 0.280 e. The molecule has 0 amide bonds. The van der Waals surface area contributed by atoms with Crippen LogP contribution in [0.5, 0.6) is 0 Å². The van der Waals surface area contributed by atoms with Gasteiger partial charge in [-0.3, -0.25) is 19.7 Å². The Morgan fingerprint density at radius 1 is 1.04 bits per heavy atom. The van der Waals surface area contributed by atoms with Gasteiger partial charge in [0, 0.05) is 18.0 Å². The van der Waals surface area contributed by atoms with Crippen LogP contribution < -0.4 is 11.1 Å². The Morgan fingerprint density at radius 2 is 1.80 bits per heavy atom. The molecule has 25 heavy (non-hydrogen) atoms. The lowest BCUT2D eigenvalue weighted by Crippen LogP contribution is -2.24. The van der Waals surface area contributed by atoms with Gasteiger partial charge < -0.3 is 4.57 Å². The van der Waals surface area contributed by atoms with E-state index in [9.17, 15) is 9.59 Å². The van der Waals surface area contributed by atoms with Crippen LogP contribution in [0.2, 0.25) is 0 Å². The summed E-state index contributed by atoms with van der Waals surface area (Å²) in [5, 5.41) is 3.54. The van der Waals surface area contributed by atoms with Crippen LogP contribution in [0.1, 0.15) is 11.4 Å². The van der Waals surface area contributed by atoms with Crippen molar-refractivity contribution in [3.63, 3.8) is 0 Å². The molecule has 3 heterocycles. The summed E-state index contributed by atoms with van der Waals surface area (Å²) in [6.07, 6.45) is 1.69. The molecule has 0 unspecified atom stereocenters. The molecule has 1 aromatic carbocycles. The number of benzene rings is 1. The van der Waals surface area contributed by atoms with E-state index in [1.54, 1.807) is 17.7 Å². The summed E-state index contributed by atoms with van der Waals surface area (Å²) in [6.45, 7) is 2.12. The summed E-state index contributed by atoms with van der Waals surface area (Å²) in [6, 6.07) is 16.3. The predicted octanol–water partition coefficient (Wildman–Crippen LogP) is 2.23. The average Bonchev–Trinajstić information content (AvgIpc) is 2.96. The van der Waals surface area contributed by atoms with Gasteiger partial charge in [-0.15, -0.1) is 0 Å². The number of nitrogens with zero attached hydrogens (tertiary/aromatic N) is 3. The van der Waals surface area contributed by atoms with Gasteiger partial charge in [0.2, 0.25) is 0 Å². The van der Waals surface area contributed by atoms with Crippen LogP contribution in [0.4, 0.5) is 0 Å². The summed E-state index contributed by atoms with van der Waals surface area (Å²) in [5.41, 5.74) is 2.32. The number of rotatable bonds is 3. The first-order valence-electron chi connectivity index (χ1n) is 7.95. The zero-order chi connectivity index (χ0) is 17.4. The number of hydrogen-bond acceptors (Lipinski definition) is 3. The fourth-order valence-corrected chi connectivity index (χ4v) is 3.02. The molecule has 0 aliphatic heterocycles. The second-order valence-electron chi connectivity index (χ2n) is 5.85. The molecular formula is C19H16N4O2. The second-order valence-corrected chi connectivity index (χ2v) is 5.85. The van der Waals surface area contributed by atoms with E-state index in [1.807, 2.05) is 48.5 Å². The fraction of sp³-hybridized carbons (Fsp3) is 0.105. The largest absolute Gasteiger partial charge is 0.306 e. The molecule has 0 bridgehead atoms. The third-order valence-electron chi connectivity index (χ3n) is 4.28. The van der Waals surface area contributed by atoms with Gasteiger partial charge in [-0.25, -0.2) is 4.68 Å². The van der Waals surface area contributed by atoms with Gasteiger partial charge in [-0.05, 0) is 31.2 Å². The van der Waals surface area contributed by atoms with Crippen LogP contribution in [0.15, 0.2) is 70.4 Å². The molecule has 4 aromatic rings. The minimum Gasteiger partial charge on any atom is -0.306 e. The highest BCUT2D eigenvalue weighted by Gasteiger charge is 2.15. The molecule has 0 fully saturated rings. The van der Waals surface area contributed by atoms with Gasteiger partial charge in [-0.2, -0.15) is 0 Å². The SMILES string of the molecule is Cc1c2c(=O)n(-c3ccccc3)[nH]c2cc(=O)n1Cc1ccccn1. The summed E-state index contributed by atoms with van der Waals surface area (Å²) in [4.78, 5) is 29.6. The number of nitrogens with one attached hydrogen (secondary N) is 1. The smallest absolute Gasteiger partial charge is 0.280 e. The Balaban J connectivity index is 1.92. The molecule has 3 aromatic heterocycles. The van der Waals surface area contributed by atoms with Gasteiger partial charge >= 0.3 is 0 Å². The normalized spacial score (nSPS) is 11.1. The van der Waals surface area contributed by atoms with Crippen molar-refractivity contribution in [2.24, 2.45) is 0 Å². The van der Waals surface area contributed by atoms with Crippen LogP contribution >= 0.6 is 0 Å². The van der Waals surface area contributed by atoms with Crippen molar-refractivity contribution in [1.82, 2.24) is 19.3 Å².